The van der Waals surface area contributed by atoms with E-state index in [9.17, 15) is 0 Å². The number of fused-ring (bicyclic) bond motifs is 1. The lowest BCUT2D eigenvalue weighted by Gasteiger charge is -2.00. The van der Waals surface area contributed by atoms with Crippen molar-refractivity contribution in [3.8, 4) is 0 Å². The lowest BCUT2D eigenvalue weighted by molar-refractivity contribution is 0.973. The molecule has 0 amide bonds. The van der Waals surface area contributed by atoms with E-state index in [4.69, 9.17) is 0 Å². The molecule has 0 radical (unpaired) electrons. The van der Waals surface area contributed by atoms with Crippen LogP contribution in [0.15, 0.2) is 58.8 Å². The smallest absolute Gasteiger partial charge is 0.212 e. The van der Waals surface area contributed by atoms with Crippen LogP contribution in [-0.2, 0) is 0 Å². The molecule has 3 aromatic rings. The Morgan fingerprint density at radius 1 is 1.00 bits per heavy atom. The maximum Gasteiger partial charge on any atom is 0.212 e. The van der Waals surface area contributed by atoms with Crippen molar-refractivity contribution < 1.29 is 0 Å². The van der Waals surface area contributed by atoms with Crippen molar-refractivity contribution in [1.29, 1.82) is 0 Å². The molecule has 4 heteroatoms. The Bertz CT molecular complexity index is 604. The van der Waals surface area contributed by atoms with Gasteiger partial charge >= 0.3 is 0 Å². The van der Waals surface area contributed by atoms with Gasteiger partial charge in [0.25, 0.3) is 0 Å². The van der Waals surface area contributed by atoms with E-state index in [0.29, 0.717) is 0 Å². The highest BCUT2D eigenvalue weighted by atomic mass is 32.2. The van der Waals surface area contributed by atoms with Gasteiger partial charge in [0, 0.05) is 4.90 Å². The third-order valence-corrected chi connectivity index (χ3v) is 3.19. The van der Waals surface area contributed by atoms with Gasteiger partial charge in [0.05, 0.1) is 0 Å². The third kappa shape index (κ3) is 1.79. The standard InChI is InChI=1S/C12H9N3S/c1-2-4-10-7-11(6-5-9(10)3-1)16-12-13-8-14-15-12/h1-8H,(H,13,14,15). The van der Waals surface area contributed by atoms with Crippen LogP contribution in [0.4, 0.5) is 0 Å². The zero-order valence-electron chi connectivity index (χ0n) is 8.42. The average Bonchev–Trinajstić information content (AvgIpc) is 2.82. The number of benzene rings is 2. The first-order valence-electron chi connectivity index (χ1n) is 4.94. The van der Waals surface area contributed by atoms with Gasteiger partial charge in [0.1, 0.15) is 6.33 Å². The largest absolute Gasteiger partial charge is 0.265 e. The molecule has 0 aliphatic heterocycles. The topological polar surface area (TPSA) is 41.6 Å². The summed E-state index contributed by atoms with van der Waals surface area (Å²) in [6.07, 6.45) is 1.59. The van der Waals surface area contributed by atoms with Gasteiger partial charge < -0.3 is 0 Å². The van der Waals surface area contributed by atoms with Gasteiger partial charge in [-0.3, -0.25) is 5.10 Å². The number of H-pyrrole nitrogens is 1. The predicted molar refractivity (Wildman–Crippen MR) is 64.5 cm³/mol. The van der Waals surface area contributed by atoms with Gasteiger partial charge in [-0.2, -0.15) is 0 Å². The molecule has 0 saturated heterocycles. The Morgan fingerprint density at radius 2 is 1.88 bits per heavy atom. The van der Waals surface area contributed by atoms with Crippen molar-refractivity contribution in [2.75, 3.05) is 0 Å². The normalized spacial score (nSPS) is 10.8. The van der Waals surface area contributed by atoms with Crippen LogP contribution in [0, 0.1) is 0 Å². The van der Waals surface area contributed by atoms with E-state index in [1.54, 1.807) is 18.1 Å². The van der Waals surface area contributed by atoms with E-state index in [-0.39, 0.29) is 0 Å². The molecule has 1 N–H and O–H groups in total. The molecule has 0 atom stereocenters. The molecule has 0 saturated carbocycles. The van der Waals surface area contributed by atoms with E-state index >= 15 is 0 Å². The minimum Gasteiger partial charge on any atom is -0.265 e. The van der Waals surface area contributed by atoms with Gasteiger partial charge in [-0.1, -0.05) is 30.3 Å². The number of rotatable bonds is 2. The highest BCUT2D eigenvalue weighted by Gasteiger charge is 2.01. The minimum absolute atomic E-state index is 0.746. The van der Waals surface area contributed by atoms with Crippen LogP contribution in [0.3, 0.4) is 0 Å². The molecule has 0 fully saturated rings. The fourth-order valence-corrected chi connectivity index (χ4v) is 2.32. The number of nitrogens with one attached hydrogen (secondary N) is 1. The summed E-state index contributed by atoms with van der Waals surface area (Å²) >= 11 is 1.56. The number of hydrogen-bond donors (Lipinski definition) is 1. The fraction of sp³-hybridized carbons (Fsp3) is 0. The van der Waals surface area contributed by atoms with Crippen molar-refractivity contribution in [2.45, 2.75) is 10.1 Å². The molecule has 0 aliphatic rings. The van der Waals surface area contributed by atoms with Crippen molar-refractivity contribution >= 4 is 22.5 Å². The van der Waals surface area contributed by atoms with Crippen LogP contribution >= 0.6 is 11.8 Å². The first-order valence-corrected chi connectivity index (χ1v) is 5.76. The Morgan fingerprint density at radius 3 is 2.69 bits per heavy atom. The molecule has 0 bridgehead atoms. The van der Waals surface area contributed by atoms with Crippen LogP contribution in [0.1, 0.15) is 0 Å². The van der Waals surface area contributed by atoms with Crippen LogP contribution in [0.25, 0.3) is 10.8 Å². The fourth-order valence-electron chi connectivity index (χ4n) is 1.58. The quantitative estimate of drug-likeness (QED) is 0.731. The average molecular weight is 227 g/mol. The highest BCUT2D eigenvalue weighted by molar-refractivity contribution is 7.99. The number of aromatic nitrogens is 3. The SMILES string of the molecule is c1ccc2cc(Sc3nc[nH]n3)ccc2c1. The van der Waals surface area contributed by atoms with Crippen LogP contribution < -0.4 is 0 Å². The molecule has 0 aliphatic carbocycles. The zero-order valence-corrected chi connectivity index (χ0v) is 9.24. The lowest BCUT2D eigenvalue weighted by Crippen LogP contribution is -1.77. The first-order chi connectivity index (χ1) is 7.92. The lowest BCUT2D eigenvalue weighted by atomic mass is 10.1. The molecule has 1 heterocycles. The predicted octanol–water partition coefficient (Wildman–Crippen LogP) is 3.11. The Balaban J connectivity index is 1.99. The maximum absolute atomic E-state index is 4.09. The van der Waals surface area contributed by atoms with Crippen LogP contribution in [0.5, 0.6) is 0 Å². The molecular weight excluding hydrogens is 218 g/mol. The molecule has 2 aromatic carbocycles. The first kappa shape index (κ1) is 9.42. The van der Waals surface area contributed by atoms with E-state index < -0.39 is 0 Å². The number of hydrogen-bond acceptors (Lipinski definition) is 3. The van der Waals surface area contributed by atoms with Crippen LogP contribution in [-0.4, -0.2) is 15.2 Å². The highest BCUT2D eigenvalue weighted by Crippen LogP contribution is 2.27. The molecule has 1 aromatic heterocycles. The zero-order chi connectivity index (χ0) is 10.8. The molecular formula is C12H9N3S. The Kier molecular flexibility index (Phi) is 2.34. The van der Waals surface area contributed by atoms with Crippen molar-refractivity contribution in [1.82, 2.24) is 15.2 Å². The second-order valence-corrected chi connectivity index (χ2v) is 4.43. The van der Waals surface area contributed by atoms with E-state index in [2.05, 4.69) is 45.5 Å². The summed E-state index contributed by atoms with van der Waals surface area (Å²) < 4.78 is 0. The molecule has 3 nitrogen and oxygen atoms in total. The van der Waals surface area contributed by atoms with Crippen LogP contribution in [0.2, 0.25) is 0 Å². The number of nitrogens with zero attached hydrogens (tertiary/aromatic N) is 2. The Labute approximate surface area is 96.9 Å². The maximum atomic E-state index is 4.09. The van der Waals surface area contributed by atoms with Crippen molar-refractivity contribution in [3.63, 3.8) is 0 Å². The minimum atomic E-state index is 0.746. The molecule has 0 unspecified atom stereocenters. The number of aromatic amines is 1. The summed E-state index contributed by atoms with van der Waals surface area (Å²) in [5.41, 5.74) is 0. The second-order valence-electron chi connectivity index (χ2n) is 3.39. The summed E-state index contributed by atoms with van der Waals surface area (Å²) in [6, 6.07) is 14.7. The summed E-state index contributed by atoms with van der Waals surface area (Å²) in [4.78, 5) is 5.24. The van der Waals surface area contributed by atoms with Gasteiger partial charge in [0.2, 0.25) is 5.16 Å². The van der Waals surface area contributed by atoms with Gasteiger partial charge in [-0.05, 0) is 34.7 Å². The second kappa shape index (κ2) is 3.98. The summed E-state index contributed by atoms with van der Waals surface area (Å²) in [7, 11) is 0. The van der Waals surface area contributed by atoms with E-state index in [1.807, 2.05) is 12.1 Å². The van der Waals surface area contributed by atoms with Gasteiger partial charge in [-0.15, -0.1) is 5.10 Å². The molecule has 16 heavy (non-hydrogen) atoms. The van der Waals surface area contributed by atoms with Gasteiger partial charge in [0.15, 0.2) is 0 Å². The van der Waals surface area contributed by atoms with Gasteiger partial charge in [-0.25, -0.2) is 4.98 Å². The molecule has 78 valence electrons. The monoisotopic (exact) mass is 227 g/mol. The summed E-state index contributed by atoms with van der Waals surface area (Å²) in [6.45, 7) is 0. The third-order valence-electron chi connectivity index (χ3n) is 2.32. The summed E-state index contributed by atoms with van der Waals surface area (Å²) in [5, 5.41) is 9.96. The summed E-state index contributed by atoms with van der Waals surface area (Å²) in [5.74, 6) is 0. The van der Waals surface area contributed by atoms with E-state index in [0.717, 1.165) is 10.1 Å². The van der Waals surface area contributed by atoms with Crippen molar-refractivity contribution in [3.05, 3.63) is 48.8 Å². The van der Waals surface area contributed by atoms with Crippen molar-refractivity contribution in [2.24, 2.45) is 0 Å². The molecule has 0 spiro atoms. The van der Waals surface area contributed by atoms with E-state index in [1.165, 1.54) is 10.8 Å². The molecule has 3 rings (SSSR count). The Hall–Kier alpha value is -1.81.